The van der Waals surface area contributed by atoms with E-state index >= 15 is 0 Å². The van der Waals surface area contributed by atoms with Crippen LogP contribution >= 0.6 is 0 Å². The summed E-state index contributed by atoms with van der Waals surface area (Å²) in [5.74, 6) is 5.28. The topological polar surface area (TPSA) is 106 Å². The highest BCUT2D eigenvalue weighted by molar-refractivity contribution is 5.80. The van der Waals surface area contributed by atoms with Crippen molar-refractivity contribution in [1.82, 2.24) is 10.7 Å². The Hall–Kier alpha value is -1.30. The van der Waals surface area contributed by atoms with E-state index in [4.69, 9.17) is 11.6 Å². The average molecular weight is 187 g/mol. The van der Waals surface area contributed by atoms with Crippen molar-refractivity contribution in [1.29, 1.82) is 0 Å². The fourth-order valence-corrected chi connectivity index (χ4v) is 0.684. The van der Waals surface area contributed by atoms with Crippen molar-refractivity contribution < 1.29 is 4.79 Å². The predicted octanol–water partition coefficient (Wildman–Crippen LogP) is -1.32. The summed E-state index contributed by atoms with van der Waals surface area (Å²) < 4.78 is 0. The number of nitrogens with zero attached hydrogens (tertiary/aromatic N) is 1. The molecule has 0 aromatic heterocycles. The molecule has 0 rings (SSSR count). The zero-order valence-electron chi connectivity index (χ0n) is 8.00. The number of primary amides is 1. The van der Waals surface area contributed by atoms with Crippen LogP contribution in [0.5, 0.6) is 0 Å². The third kappa shape index (κ3) is 7.07. The van der Waals surface area contributed by atoms with Gasteiger partial charge in [-0.25, -0.2) is 5.84 Å². The number of aliphatic imine (C=N–C) groups is 1. The lowest BCUT2D eigenvalue weighted by Crippen LogP contribution is -2.44. The van der Waals surface area contributed by atoms with Crippen molar-refractivity contribution in [3.8, 4) is 0 Å². The molecule has 0 fully saturated rings. The number of hydrazine groups is 1. The number of hydrogen-bond donors (Lipinski definition) is 4. The van der Waals surface area contributed by atoms with E-state index < -0.39 is 0 Å². The Labute approximate surface area is 77.7 Å². The summed E-state index contributed by atoms with van der Waals surface area (Å²) in [6.07, 6.45) is 0.227. The van der Waals surface area contributed by atoms with Crippen LogP contribution in [0.1, 0.15) is 20.3 Å². The Balaban J connectivity index is 3.85. The molecule has 0 saturated heterocycles. The first kappa shape index (κ1) is 11.7. The first-order valence-corrected chi connectivity index (χ1v) is 4.12. The van der Waals surface area contributed by atoms with Crippen molar-refractivity contribution in [3.05, 3.63) is 0 Å². The minimum absolute atomic E-state index is 0.227. The van der Waals surface area contributed by atoms with Gasteiger partial charge in [-0.3, -0.25) is 15.2 Å². The van der Waals surface area contributed by atoms with E-state index in [1.54, 1.807) is 0 Å². The molecule has 0 aliphatic carbocycles. The first-order chi connectivity index (χ1) is 6.06. The van der Waals surface area contributed by atoms with Gasteiger partial charge in [-0.2, -0.15) is 0 Å². The number of rotatable bonds is 4. The van der Waals surface area contributed by atoms with Crippen molar-refractivity contribution in [3.63, 3.8) is 0 Å². The fourth-order valence-electron chi connectivity index (χ4n) is 0.684. The number of hydrogen-bond acceptors (Lipinski definition) is 3. The number of guanidine groups is 1. The molecule has 0 spiro atoms. The highest BCUT2D eigenvalue weighted by atomic mass is 16.1. The molecule has 76 valence electrons. The SMILES string of the molecule is CC(C)NC(=NCCC(N)=O)NN. The third-order valence-electron chi connectivity index (χ3n) is 1.19. The number of carbonyl (C=O) groups excluding carboxylic acids is 1. The standard InChI is InChI=1S/C7H17N5O/c1-5(2)11-7(12-9)10-4-3-6(8)13/h5H,3-4,9H2,1-2H3,(H2,8,13)(H2,10,11,12). The average Bonchev–Trinajstić information content (AvgIpc) is 2.01. The number of amides is 1. The summed E-state index contributed by atoms with van der Waals surface area (Å²) in [6.45, 7) is 4.26. The van der Waals surface area contributed by atoms with Gasteiger partial charge in [-0.05, 0) is 13.8 Å². The fraction of sp³-hybridized carbons (Fsp3) is 0.714. The van der Waals surface area contributed by atoms with Gasteiger partial charge in [-0.15, -0.1) is 0 Å². The molecule has 0 aliphatic rings. The molecule has 0 bridgehead atoms. The van der Waals surface area contributed by atoms with E-state index in [1.807, 2.05) is 13.8 Å². The normalized spacial score (nSPS) is 11.5. The molecule has 1 amide bonds. The lowest BCUT2D eigenvalue weighted by atomic mass is 10.4. The Morgan fingerprint density at radius 2 is 2.15 bits per heavy atom. The number of nitrogens with one attached hydrogen (secondary N) is 2. The molecule has 0 aliphatic heterocycles. The summed E-state index contributed by atoms with van der Waals surface area (Å²) in [5.41, 5.74) is 7.34. The van der Waals surface area contributed by atoms with Gasteiger partial charge in [0, 0.05) is 12.5 Å². The number of carbonyl (C=O) groups is 1. The molecular weight excluding hydrogens is 170 g/mol. The highest BCUT2D eigenvalue weighted by Crippen LogP contribution is 1.81. The minimum atomic E-state index is -0.371. The minimum Gasteiger partial charge on any atom is -0.370 e. The molecule has 0 saturated carbocycles. The Bertz CT molecular complexity index is 189. The predicted molar refractivity (Wildman–Crippen MR) is 51.7 cm³/mol. The summed E-state index contributed by atoms with van der Waals surface area (Å²) in [5, 5.41) is 2.97. The zero-order valence-corrected chi connectivity index (χ0v) is 8.00. The van der Waals surface area contributed by atoms with E-state index in [-0.39, 0.29) is 18.4 Å². The maximum absolute atomic E-state index is 10.4. The van der Waals surface area contributed by atoms with Crippen molar-refractivity contribution in [2.75, 3.05) is 6.54 Å². The van der Waals surface area contributed by atoms with Crippen LogP contribution in [0.25, 0.3) is 0 Å². The number of nitrogens with two attached hydrogens (primary N) is 2. The van der Waals surface area contributed by atoms with Crippen LogP contribution < -0.4 is 22.3 Å². The summed E-state index contributed by atoms with van der Waals surface area (Å²) in [6, 6.07) is 0.239. The van der Waals surface area contributed by atoms with Crippen LogP contribution in [0, 0.1) is 0 Å². The van der Waals surface area contributed by atoms with Gasteiger partial charge < -0.3 is 11.1 Å². The second kappa shape index (κ2) is 6.24. The molecule has 13 heavy (non-hydrogen) atoms. The van der Waals surface area contributed by atoms with Crippen LogP contribution in [0.2, 0.25) is 0 Å². The molecule has 0 heterocycles. The smallest absolute Gasteiger partial charge is 0.219 e. The lowest BCUT2D eigenvalue weighted by molar-refractivity contribution is -0.117. The van der Waals surface area contributed by atoms with E-state index in [0.717, 1.165) is 0 Å². The molecule has 0 atom stereocenters. The van der Waals surface area contributed by atoms with Gasteiger partial charge in [0.05, 0.1) is 6.54 Å². The van der Waals surface area contributed by atoms with Gasteiger partial charge in [-0.1, -0.05) is 0 Å². The molecule has 0 radical (unpaired) electrons. The molecule has 6 nitrogen and oxygen atoms in total. The van der Waals surface area contributed by atoms with E-state index in [9.17, 15) is 4.79 Å². The quantitative estimate of drug-likeness (QED) is 0.189. The maximum atomic E-state index is 10.4. The molecule has 0 aromatic carbocycles. The van der Waals surface area contributed by atoms with Crippen LogP contribution in [0.4, 0.5) is 0 Å². The Morgan fingerprint density at radius 3 is 2.54 bits per heavy atom. The zero-order chi connectivity index (χ0) is 10.3. The van der Waals surface area contributed by atoms with Crippen LogP contribution in [0.3, 0.4) is 0 Å². The van der Waals surface area contributed by atoms with Gasteiger partial charge in [0.1, 0.15) is 0 Å². The first-order valence-electron chi connectivity index (χ1n) is 4.12. The van der Waals surface area contributed by atoms with E-state index in [2.05, 4.69) is 15.7 Å². The van der Waals surface area contributed by atoms with Crippen LogP contribution in [-0.2, 0) is 4.79 Å². The van der Waals surface area contributed by atoms with Crippen LogP contribution in [-0.4, -0.2) is 24.5 Å². The maximum Gasteiger partial charge on any atom is 0.219 e. The lowest BCUT2D eigenvalue weighted by Gasteiger charge is -2.11. The second-order valence-electron chi connectivity index (χ2n) is 2.89. The molecular formula is C7H17N5O. The molecule has 6 N–H and O–H groups in total. The van der Waals surface area contributed by atoms with E-state index in [0.29, 0.717) is 12.5 Å². The molecule has 6 heteroatoms. The Morgan fingerprint density at radius 1 is 1.54 bits per heavy atom. The monoisotopic (exact) mass is 187 g/mol. The Kier molecular flexibility index (Phi) is 5.62. The van der Waals surface area contributed by atoms with Gasteiger partial charge in [0.15, 0.2) is 0 Å². The summed E-state index contributed by atoms with van der Waals surface area (Å²) in [7, 11) is 0. The largest absolute Gasteiger partial charge is 0.370 e. The van der Waals surface area contributed by atoms with Crippen LogP contribution in [0.15, 0.2) is 4.99 Å². The van der Waals surface area contributed by atoms with Crippen molar-refractivity contribution in [2.24, 2.45) is 16.6 Å². The van der Waals surface area contributed by atoms with Gasteiger partial charge in [0.25, 0.3) is 0 Å². The van der Waals surface area contributed by atoms with Crippen molar-refractivity contribution in [2.45, 2.75) is 26.3 Å². The second-order valence-corrected chi connectivity index (χ2v) is 2.89. The van der Waals surface area contributed by atoms with Gasteiger partial charge in [0.2, 0.25) is 11.9 Å². The highest BCUT2D eigenvalue weighted by Gasteiger charge is 1.98. The van der Waals surface area contributed by atoms with E-state index in [1.165, 1.54) is 0 Å². The molecule has 0 aromatic rings. The third-order valence-corrected chi connectivity index (χ3v) is 1.19. The summed E-state index contributed by atoms with van der Waals surface area (Å²) in [4.78, 5) is 14.4. The summed E-state index contributed by atoms with van der Waals surface area (Å²) >= 11 is 0. The molecule has 0 unspecified atom stereocenters. The van der Waals surface area contributed by atoms with Crippen molar-refractivity contribution >= 4 is 11.9 Å². The van der Waals surface area contributed by atoms with Gasteiger partial charge >= 0.3 is 0 Å².